The van der Waals surface area contributed by atoms with E-state index in [9.17, 15) is 4.79 Å². The topological polar surface area (TPSA) is 60.0 Å². The molecule has 1 atom stereocenters. The zero-order valence-electron chi connectivity index (χ0n) is 15.7. The second-order valence-electron chi connectivity index (χ2n) is 7.26. The van der Waals surface area contributed by atoms with Gasteiger partial charge in [-0.25, -0.2) is 0 Å². The van der Waals surface area contributed by atoms with Gasteiger partial charge in [0.15, 0.2) is 5.96 Å². The van der Waals surface area contributed by atoms with Crippen LogP contribution < -0.4 is 10.6 Å². The summed E-state index contributed by atoms with van der Waals surface area (Å²) in [5.74, 6) is 1.17. The number of nitrogens with zero attached hydrogens (tertiary/aromatic N) is 3. The number of likely N-dealkylation sites (N-methyl/N-ethyl adjacent to an activating group) is 1. The largest absolute Gasteiger partial charge is 0.356 e. The molecule has 0 radical (unpaired) electrons. The van der Waals surface area contributed by atoms with Crippen LogP contribution in [0.25, 0.3) is 0 Å². The Labute approximate surface area is 147 Å². The Hall–Kier alpha value is -1.30. The van der Waals surface area contributed by atoms with Crippen molar-refractivity contribution in [2.24, 2.45) is 4.99 Å². The quantitative estimate of drug-likeness (QED) is 0.437. The highest BCUT2D eigenvalue weighted by atomic mass is 16.2. The number of guanidine groups is 1. The first kappa shape index (κ1) is 19.0. The van der Waals surface area contributed by atoms with Crippen LogP contribution in [0.3, 0.4) is 0 Å². The number of nitrogens with one attached hydrogen (secondary N) is 2. The molecule has 24 heavy (non-hydrogen) atoms. The summed E-state index contributed by atoms with van der Waals surface area (Å²) in [7, 11) is 5.53. The van der Waals surface area contributed by atoms with Gasteiger partial charge in [-0.1, -0.05) is 19.3 Å². The maximum Gasteiger partial charge on any atom is 0.239 e. The smallest absolute Gasteiger partial charge is 0.239 e. The average molecular weight is 338 g/mol. The van der Waals surface area contributed by atoms with Crippen molar-refractivity contribution in [2.45, 2.75) is 63.5 Å². The van der Waals surface area contributed by atoms with Crippen LogP contribution in [-0.4, -0.2) is 74.5 Å². The van der Waals surface area contributed by atoms with E-state index in [1.807, 2.05) is 21.1 Å². The lowest BCUT2D eigenvalue weighted by Gasteiger charge is -2.27. The van der Waals surface area contributed by atoms with E-state index in [1.54, 1.807) is 4.90 Å². The Kier molecular flexibility index (Phi) is 7.82. The second kappa shape index (κ2) is 9.87. The van der Waals surface area contributed by atoms with E-state index in [2.05, 4.69) is 20.5 Å². The molecule has 6 heteroatoms. The third kappa shape index (κ3) is 5.65. The van der Waals surface area contributed by atoms with Crippen molar-refractivity contribution in [2.75, 3.05) is 40.8 Å². The predicted molar refractivity (Wildman–Crippen MR) is 99.3 cm³/mol. The molecule has 1 amide bonds. The van der Waals surface area contributed by atoms with Crippen LogP contribution in [0.15, 0.2) is 4.99 Å². The first-order valence-electron chi connectivity index (χ1n) is 9.54. The number of likely N-dealkylation sites (tertiary alicyclic amines) is 1. The zero-order valence-corrected chi connectivity index (χ0v) is 15.7. The van der Waals surface area contributed by atoms with Crippen LogP contribution >= 0.6 is 0 Å². The highest BCUT2D eigenvalue weighted by Gasteiger charge is 2.30. The minimum atomic E-state index is 0.0830. The second-order valence-corrected chi connectivity index (χ2v) is 7.26. The normalized spacial score (nSPS) is 23.3. The minimum Gasteiger partial charge on any atom is -0.356 e. The predicted octanol–water partition coefficient (Wildman–Crippen LogP) is 1.43. The molecule has 2 aliphatic rings. The SMILES string of the molecule is CN=C(NCCCN1CCCC1C(=O)N(C)C)NC1CCCCC1. The van der Waals surface area contributed by atoms with Gasteiger partial charge in [-0.2, -0.15) is 0 Å². The van der Waals surface area contributed by atoms with E-state index in [4.69, 9.17) is 0 Å². The summed E-state index contributed by atoms with van der Waals surface area (Å²) in [4.78, 5) is 20.6. The lowest BCUT2D eigenvalue weighted by Crippen LogP contribution is -2.46. The molecule has 2 N–H and O–H groups in total. The molecule has 2 rings (SSSR count). The number of aliphatic imine (C=N–C) groups is 1. The van der Waals surface area contributed by atoms with E-state index in [0.29, 0.717) is 6.04 Å². The molecule has 0 aromatic rings. The van der Waals surface area contributed by atoms with Gasteiger partial charge in [0.2, 0.25) is 5.91 Å². The van der Waals surface area contributed by atoms with E-state index in [-0.39, 0.29) is 11.9 Å². The molecule has 6 nitrogen and oxygen atoms in total. The third-order valence-corrected chi connectivity index (χ3v) is 5.17. The molecule has 0 aromatic carbocycles. The average Bonchev–Trinajstić information content (AvgIpc) is 3.06. The van der Waals surface area contributed by atoms with Crippen LogP contribution in [0.4, 0.5) is 0 Å². The Morgan fingerprint density at radius 1 is 1.17 bits per heavy atom. The molecule has 1 saturated carbocycles. The van der Waals surface area contributed by atoms with Gasteiger partial charge in [0.1, 0.15) is 0 Å². The van der Waals surface area contributed by atoms with Crippen molar-refractivity contribution < 1.29 is 4.79 Å². The first-order chi connectivity index (χ1) is 11.6. The van der Waals surface area contributed by atoms with E-state index < -0.39 is 0 Å². The van der Waals surface area contributed by atoms with Gasteiger partial charge < -0.3 is 15.5 Å². The Morgan fingerprint density at radius 3 is 2.58 bits per heavy atom. The first-order valence-corrected chi connectivity index (χ1v) is 9.54. The highest BCUT2D eigenvalue weighted by Crippen LogP contribution is 2.19. The van der Waals surface area contributed by atoms with Crippen molar-refractivity contribution in [1.82, 2.24) is 20.4 Å². The van der Waals surface area contributed by atoms with Crippen molar-refractivity contribution in [3.63, 3.8) is 0 Å². The molecular weight excluding hydrogens is 302 g/mol. The number of hydrogen-bond donors (Lipinski definition) is 2. The molecule has 1 aliphatic carbocycles. The maximum absolute atomic E-state index is 12.2. The summed E-state index contributed by atoms with van der Waals surface area (Å²) in [5.41, 5.74) is 0. The van der Waals surface area contributed by atoms with E-state index >= 15 is 0 Å². The van der Waals surface area contributed by atoms with Crippen molar-refractivity contribution in [1.29, 1.82) is 0 Å². The summed E-state index contributed by atoms with van der Waals surface area (Å²) in [6, 6.07) is 0.658. The van der Waals surface area contributed by atoms with Crippen molar-refractivity contribution in [3.8, 4) is 0 Å². The maximum atomic E-state index is 12.2. The van der Waals surface area contributed by atoms with Crippen LogP contribution in [-0.2, 0) is 4.79 Å². The number of rotatable bonds is 6. The molecule has 0 bridgehead atoms. The van der Waals surface area contributed by atoms with E-state index in [1.165, 1.54) is 32.1 Å². The fraction of sp³-hybridized carbons (Fsp3) is 0.889. The molecule has 1 heterocycles. The molecule has 0 aromatic heterocycles. The Morgan fingerprint density at radius 2 is 1.92 bits per heavy atom. The molecule has 1 unspecified atom stereocenters. The van der Waals surface area contributed by atoms with Crippen LogP contribution in [0, 0.1) is 0 Å². The Bertz CT molecular complexity index is 418. The number of carbonyl (C=O) groups excluding carboxylic acids is 1. The van der Waals surface area contributed by atoms with Gasteiger partial charge in [-0.05, 0) is 38.6 Å². The van der Waals surface area contributed by atoms with E-state index in [0.717, 1.165) is 44.9 Å². The minimum absolute atomic E-state index is 0.0830. The van der Waals surface area contributed by atoms with Gasteiger partial charge in [0.05, 0.1) is 6.04 Å². The van der Waals surface area contributed by atoms with Gasteiger partial charge in [-0.3, -0.25) is 14.7 Å². The summed E-state index contributed by atoms with van der Waals surface area (Å²) in [5, 5.41) is 6.96. The standard InChI is InChI=1S/C18H35N5O/c1-19-18(21-15-9-5-4-6-10-15)20-12-8-14-23-13-7-11-16(23)17(24)22(2)3/h15-16H,4-14H2,1-3H3,(H2,19,20,21). The molecule has 0 spiro atoms. The monoisotopic (exact) mass is 337 g/mol. The van der Waals surface area contributed by atoms with Gasteiger partial charge in [0.25, 0.3) is 0 Å². The molecule has 2 fully saturated rings. The molecule has 1 aliphatic heterocycles. The summed E-state index contributed by atoms with van der Waals surface area (Å²) in [6.07, 6.45) is 9.68. The Balaban J connectivity index is 1.66. The van der Waals surface area contributed by atoms with Crippen LogP contribution in [0.2, 0.25) is 0 Å². The highest BCUT2D eigenvalue weighted by molar-refractivity contribution is 5.81. The van der Waals surface area contributed by atoms with Gasteiger partial charge in [0, 0.05) is 40.3 Å². The zero-order chi connectivity index (χ0) is 17.4. The van der Waals surface area contributed by atoms with Crippen LogP contribution in [0.1, 0.15) is 51.4 Å². The molecule has 138 valence electrons. The lowest BCUT2D eigenvalue weighted by atomic mass is 9.96. The lowest BCUT2D eigenvalue weighted by molar-refractivity contribution is -0.133. The van der Waals surface area contributed by atoms with Gasteiger partial charge >= 0.3 is 0 Å². The number of hydrogen-bond acceptors (Lipinski definition) is 3. The van der Waals surface area contributed by atoms with Crippen molar-refractivity contribution >= 4 is 11.9 Å². The van der Waals surface area contributed by atoms with Crippen molar-refractivity contribution in [3.05, 3.63) is 0 Å². The number of carbonyl (C=O) groups is 1. The fourth-order valence-electron chi connectivity index (χ4n) is 3.80. The third-order valence-electron chi connectivity index (χ3n) is 5.17. The van der Waals surface area contributed by atoms with Crippen LogP contribution in [0.5, 0.6) is 0 Å². The molecule has 1 saturated heterocycles. The summed E-state index contributed by atoms with van der Waals surface area (Å²) in [6.45, 7) is 2.91. The van der Waals surface area contributed by atoms with Gasteiger partial charge in [-0.15, -0.1) is 0 Å². The molecular formula is C18H35N5O. The fourth-order valence-corrected chi connectivity index (χ4v) is 3.80. The number of amides is 1. The summed E-state index contributed by atoms with van der Waals surface area (Å²) >= 11 is 0. The summed E-state index contributed by atoms with van der Waals surface area (Å²) < 4.78 is 0.